The molecule has 1 saturated heterocycles. The van der Waals surface area contributed by atoms with Crippen LogP contribution in [0.4, 0.5) is 15.8 Å². The molecule has 1 aliphatic rings. The van der Waals surface area contributed by atoms with E-state index < -0.39 is 15.8 Å². The Morgan fingerprint density at radius 1 is 1.17 bits per heavy atom. The molecule has 9 heteroatoms. The number of anilines is 2. The van der Waals surface area contributed by atoms with Gasteiger partial charge in [-0.3, -0.25) is 4.79 Å². The number of nitrogens with zero attached hydrogens (tertiary/aromatic N) is 1. The second-order valence-electron chi connectivity index (χ2n) is 7.12. The monoisotopic (exact) mass is 435 g/mol. The van der Waals surface area contributed by atoms with E-state index in [0.29, 0.717) is 11.8 Å². The van der Waals surface area contributed by atoms with Crippen molar-refractivity contribution in [3.8, 4) is 0 Å². The molecular formula is C21H26FN3O4S. The number of amides is 1. The quantitative estimate of drug-likeness (QED) is 0.666. The Kier molecular flexibility index (Phi) is 7.41. The van der Waals surface area contributed by atoms with Crippen molar-refractivity contribution >= 4 is 27.3 Å². The van der Waals surface area contributed by atoms with Crippen LogP contribution in [0.15, 0.2) is 53.4 Å². The minimum absolute atomic E-state index is 0.0408. The minimum atomic E-state index is -3.86. The van der Waals surface area contributed by atoms with Gasteiger partial charge in [-0.25, -0.2) is 17.5 Å². The van der Waals surface area contributed by atoms with Gasteiger partial charge in [0.2, 0.25) is 15.9 Å². The lowest BCUT2D eigenvalue weighted by molar-refractivity contribution is -0.116. The lowest BCUT2D eigenvalue weighted by Gasteiger charge is -2.33. The molecule has 30 heavy (non-hydrogen) atoms. The Balaban J connectivity index is 1.46. The van der Waals surface area contributed by atoms with Crippen molar-refractivity contribution in [1.29, 1.82) is 0 Å². The highest BCUT2D eigenvalue weighted by Crippen LogP contribution is 2.23. The van der Waals surface area contributed by atoms with E-state index in [1.165, 1.54) is 18.2 Å². The summed E-state index contributed by atoms with van der Waals surface area (Å²) in [4.78, 5) is 14.2. The maximum absolute atomic E-state index is 13.2. The molecule has 0 saturated carbocycles. The van der Waals surface area contributed by atoms with E-state index in [2.05, 4.69) is 14.9 Å². The van der Waals surface area contributed by atoms with Crippen LogP contribution in [0.2, 0.25) is 0 Å². The van der Waals surface area contributed by atoms with Crippen LogP contribution < -0.4 is 14.9 Å². The molecule has 0 aromatic heterocycles. The van der Waals surface area contributed by atoms with Gasteiger partial charge in [0.05, 0.1) is 11.0 Å². The number of hydrogen-bond acceptors (Lipinski definition) is 5. The Hall–Kier alpha value is -2.49. The summed E-state index contributed by atoms with van der Waals surface area (Å²) >= 11 is 0. The molecule has 162 valence electrons. The van der Waals surface area contributed by atoms with E-state index in [-0.39, 0.29) is 23.8 Å². The smallest absolute Gasteiger partial charge is 0.240 e. The van der Waals surface area contributed by atoms with Crippen molar-refractivity contribution in [3.05, 3.63) is 54.3 Å². The largest absolute Gasteiger partial charge is 0.381 e. The lowest BCUT2D eigenvalue weighted by atomic mass is 10.1. The molecule has 0 spiro atoms. The molecule has 7 nitrogen and oxygen atoms in total. The van der Waals surface area contributed by atoms with E-state index >= 15 is 0 Å². The number of ether oxygens (including phenoxy) is 1. The topological polar surface area (TPSA) is 87.7 Å². The maximum Gasteiger partial charge on any atom is 0.240 e. The van der Waals surface area contributed by atoms with Gasteiger partial charge in [0, 0.05) is 44.5 Å². The molecule has 2 aromatic carbocycles. The molecule has 1 heterocycles. The van der Waals surface area contributed by atoms with Gasteiger partial charge < -0.3 is 15.0 Å². The van der Waals surface area contributed by atoms with Gasteiger partial charge in [-0.05, 0) is 55.3 Å². The van der Waals surface area contributed by atoms with Crippen LogP contribution in [0.3, 0.4) is 0 Å². The fourth-order valence-electron chi connectivity index (χ4n) is 3.35. The first-order chi connectivity index (χ1) is 14.4. The predicted octanol–water partition coefficient (Wildman–Crippen LogP) is 2.75. The number of sulfonamides is 1. The third-order valence-corrected chi connectivity index (χ3v) is 6.50. The first-order valence-electron chi connectivity index (χ1n) is 9.80. The SMILES string of the molecule is COC1CCN(c2ccc(NC(=O)CCNS(=O)(=O)c3cccc(F)c3)cc2)CC1. The third-order valence-electron chi connectivity index (χ3n) is 5.04. The first kappa shape index (κ1) is 22.2. The lowest BCUT2D eigenvalue weighted by Crippen LogP contribution is -2.36. The second kappa shape index (κ2) is 10.0. The molecule has 2 aromatic rings. The highest BCUT2D eigenvalue weighted by Gasteiger charge is 2.19. The average Bonchev–Trinajstić information content (AvgIpc) is 2.74. The number of hydrogen-bond donors (Lipinski definition) is 2. The van der Waals surface area contributed by atoms with Crippen LogP contribution >= 0.6 is 0 Å². The van der Waals surface area contributed by atoms with Crippen LogP contribution in [-0.4, -0.2) is 47.2 Å². The molecular weight excluding hydrogens is 409 g/mol. The Labute approximate surface area is 176 Å². The number of nitrogens with one attached hydrogen (secondary N) is 2. The highest BCUT2D eigenvalue weighted by atomic mass is 32.2. The first-order valence-corrected chi connectivity index (χ1v) is 11.3. The van der Waals surface area contributed by atoms with Crippen molar-refractivity contribution < 1.29 is 22.3 Å². The molecule has 1 aliphatic heterocycles. The van der Waals surface area contributed by atoms with Crippen LogP contribution in [0.1, 0.15) is 19.3 Å². The summed E-state index contributed by atoms with van der Waals surface area (Å²) in [5.41, 5.74) is 1.73. The molecule has 0 radical (unpaired) electrons. The molecule has 0 atom stereocenters. The van der Waals surface area contributed by atoms with Crippen LogP contribution in [0.5, 0.6) is 0 Å². The Morgan fingerprint density at radius 3 is 2.50 bits per heavy atom. The summed E-state index contributed by atoms with van der Waals surface area (Å²) in [7, 11) is -2.12. The second-order valence-corrected chi connectivity index (χ2v) is 8.89. The van der Waals surface area contributed by atoms with Crippen molar-refractivity contribution in [3.63, 3.8) is 0 Å². The number of carbonyl (C=O) groups is 1. The number of methoxy groups -OCH3 is 1. The number of benzene rings is 2. The molecule has 3 rings (SSSR count). The van der Waals surface area contributed by atoms with E-state index in [0.717, 1.165) is 37.7 Å². The van der Waals surface area contributed by atoms with E-state index in [4.69, 9.17) is 4.74 Å². The molecule has 0 unspecified atom stereocenters. The fraction of sp³-hybridized carbons (Fsp3) is 0.381. The van der Waals surface area contributed by atoms with Crippen LogP contribution in [0, 0.1) is 5.82 Å². The van der Waals surface area contributed by atoms with Crippen molar-refractivity contribution in [2.75, 3.05) is 37.0 Å². The predicted molar refractivity (Wildman–Crippen MR) is 114 cm³/mol. The zero-order chi connectivity index (χ0) is 21.6. The van der Waals surface area contributed by atoms with Crippen LogP contribution in [0.25, 0.3) is 0 Å². The fourth-order valence-corrected chi connectivity index (χ4v) is 4.41. The molecule has 1 amide bonds. The molecule has 0 aliphatic carbocycles. The van der Waals surface area contributed by atoms with E-state index in [1.807, 2.05) is 24.3 Å². The van der Waals surface area contributed by atoms with Gasteiger partial charge in [0.15, 0.2) is 0 Å². The Bertz CT molecular complexity index is 958. The minimum Gasteiger partial charge on any atom is -0.381 e. The van der Waals surface area contributed by atoms with Gasteiger partial charge in [-0.15, -0.1) is 0 Å². The Morgan fingerprint density at radius 2 is 1.87 bits per heavy atom. The normalized spacial score (nSPS) is 15.2. The summed E-state index contributed by atoms with van der Waals surface area (Å²) in [6.45, 7) is 1.77. The zero-order valence-corrected chi connectivity index (χ0v) is 17.6. The summed E-state index contributed by atoms with van der Waals surface area (Å²) in [6.07, 6.45) is 2.25. The number of piperidine rings is 1. The molecule has 0 bridgehead atoms. The number of halogens is 1. The summed E-state index contributed by atoms with van der Waals surface area (Å²) in [5.74, 6) is -0.951. The van der Waals surface area contributed by atoms with Gasteiger partial charge in [-0.2, -0.15) is 0 Å². The average molecular weight is 436 g/mol. The van der Waals surface area contributed by atoms with E-state index in [1.54, 1.807) is 7.11 Å². The van der Waals surface area contributed by atoms with Crippen molar-refractivity contribution in [2.45, 2.75) is 30.3 Å². The standard InChI is InChI=1S/C21H26FN3O4S/c1-29-19-10-13-25(14-11-19)18-7-5-17(6-8-18)24-21(26)9-12-23-30(27,28)20-4-2-3-16(22)15-20/h2-8,15,19,23H,9-14H2,1H3,(H,24,26). The van der Waals surface area contributed by atoms with Crippen molar-refractivity contribution in [2.24, 2.45) is 0 Å². The highest BCUT2D eigenvalue weighted by molar-refractivity contribution is 7.89. The van der Waals surface area contributed by atoms with Gasteiger partial charge in [-0.1, -0.05) is 6.07 Å². The van der Waals surface area contributed by atoms with Gasteiger partial charge in [0.25, 0.3) is 0 Å². The molecule has 2 N–H and O–H groups in total. The van der Waals surface area contributed by atoms with Crippen molar-refractivity contribution in [1.82, 2.24) is 4.72 Å². The van der Waals surface area contributed by atoms with E-state index in [9.17, 15) is 17.6 Å². The maximum atomic E-state index is 13.2. The summed E-state index contributed by atoms with van der Waals surface area (Å²) in [5, 5.41) is 2.75. The summed E-state index contributed by atoms with van der Waals surface area (Å²) in [6, 6.07) is 12.3. The molecule has 1 fully saturated rings. The zero-order valence-electron chi connectivity index (χ0n) is 16.8. The third kappa shape index (κ3) is 6.01. The number of rotatable bonds is 8. The van der Waals surface area contributed by atoms with Gasteiger partial charge in [0.1, 0.15) is 5.82 Å². The summed E-state index contributed by atoms with van der Waals surface area (Å²) < 4.78 is 45.2. The van der Waals surface area contributed by atoms with Gasteiger partial charge >= 0.3 is 0 Å². The van der Waals surface area contributed by atoms with Crippen LogP contribution in [-0.2, 0) is 19.6 Å². The number of carbonyl (C=O) groups excluding carboxylic acids is 1.